The summed E-state index contributed by atoms with van der Waals surface area (Å²) in [4.78, 5) is 13.7. The van der Waals surface area contributed by atoms with Crippen molar-refractivity contribution >= 4 is 39.1 Å². The molecule has 1 atom stereocenters. The smallest absolute Gasteiger partial charge is 0.265 e. The van der Waals surface area contributed by atoms with Crippen LogP contribution in [-0.4, -0.2) is 33.7 Å². The zero-order chi connectivity index (χ0) is 23.1. The average molecular weight is 471 g/mol. The molecule has 168 valence electrons. The lowest BCUT2D eigenvalue weighted by atomic mass is 10.2. The molecule has 6 nitrogen and oxygen atoms in total. The van der Waals surface area contributed by atoms with Gasteiger partial charge >= 0.3 is 0 Å². The Hall–Kier alpha value is -2.97. The normalized spacial score (nSPS) is 12.1. The quantitative estimate of drug-likeness (QED) is 0.456. The fourth-order valence-electron chi connectivity index (χ4n) is 2.80. The Balaban J connectivity index is 1.51. The minimum atomic E-state index is -3.33. The fourth-order valence-corrected chi connectivity index (χ4v) is 4.18. The third kappa shape index (κ3) is 6.77. The largest absolute Gasteiger partial charge is 0.481 e. The number of sulfonamides is 1. The Morgan fingerprint density at radius 1 is 1.00 bits per heavy atom. The van der Waals surface area contributed by atoms with Crippen molar-refractivity contribution in [2.45, 2.75) is 23.7 Å². The lowest BCUT2D eigenvalue weighted by molar-refractivity contribution is -0.122. The van der Waals surface area contributed by atoms with E-state index in [0.29, 0.717) is 17.1 Å². The van der Waals surface area contributed by atoms with Crippen molar-refractivity contribution < 1.29 is 17.9 Å². The van der Waals surface area contributed by atoms with E-state index in [0.717, 1.165) is 12.0 Å². The van der Waals surface area contributed by atoms with Crippen molar-refractivity contribution in [3.05, 3.63) is 84.4 Å². The minimum Gasteiger partial charge on any atom is -0.481 e. The van der Waals surface area contributed by atoms with Gasteiger partial charge in [-0.3, -0.25) is 9.10 Å². The first-order valence-electron chi connectivity index (χ1n) is 10.0. The number of thioether (sulfide) groups is 1. The van der Waals surface area contributed by atoms with Crippen LogP contribution in [0.15, 0.2) is 83.8 Å². The third-order valence-electron chi connectivity index (χ3n) is 4.75. The molecule has 3 rings (SSSR count). The van der Waals surface area contributed by atoms with E-state index in [4.69, 9.17) is 4.74 Å². The van der Waals surface area contributed by atoms with Gasteiger partial charge in [0.2, 0.25) is 10.0 Å². The van der Waals surface area contributed by atoms with Crippen LogP contribution in [-0.2, 0) is 20.6 Å². The van der Waals surface area contributed by atoms with Crippen LogP contribution >= 0.6 is 11.8 Å². The third-order valence-corrected chi connectivity index (χ3v) is 7.04. The Morgan fingerprint density at radius 3 is 2.22 bits per heavy atom. The van der Waals surface area contributed by atoms with Crippen LogP contribution in [0.4, 0.5) is 11.4 Å². The van der Waals surface area contributed by atoms with Gasteiger partial charge in [-0.25, -0.2) is 8.42 Å². The van der Waals surface area contributed by atoms with Gasteiger partial charge in [-0.2, -0.15) is 0 Å². The molecular weight excluding hydrogens is 444 g/mol. The number of hydrogen-bond acceptors (Lipinski definition) is 5. The summed E-state index contributed by atoms with van der Waals surface area (Å²) in [6, 6.07) is 24.5. The molecule has 1 amide bonds. The van der Waals surface area contributed by atoms with Crippen molar-refractivity contribution in [1.82, 2.24) is 0 Å². The monoisotopic (exact) mass is 470 g/mol. The Morgan fingerprint density at radius 2 is 1.62 bits per heavy atom. The molecule has 0 radical (unpaired) electrons. The van der Waals surface area contributed by atoms with E-state index in [2.05, 4.69) is 17.4 Å². The molecule has 0 aliphatic rings. The number of nitrogens with zero attached hydrogens (tertiary/aromatic N) is 1. The van der Waals surface area contributed by atoms with Gasteiger partial charge in [-0.1, -0.05) is 30.3 Å². The Bertz CT molecular complexity index is 1130. The lowest BCUT2D eigenvalue weighted by Crippen LogP contribution is -2.30. The van der Waals surface area contributed by atoms with Gasteiger partial charge in [0.25, 0.3) is 5.91 Å². The van der Waals surface area contributed by atoms with Crippen LogP contribution in [0.25, 0.3) is 0 Å². The number of benzene rings is 3. The minimum absolute atomic E-state index is 0.270. The van der Waals surface area contributed by atoms with Crippen molar-refractivity contribution in [2.24, 2.45) is 0 Å². The Labute approximate surface area is 193 Å². The molecule has 0 bridgehead atoms. The second kappa shape index (κ2) is 10.6. The van der Waals surface area contributed by atoms with Crippen LogP contribution < -0.4 is 14.4 Å². The molecule has 0 spiro atoms. The van der Waals surface area contributed by atoms with Gasteiger partial charge in [0.05, 0.1) is 11.9 Å². The molecule has 8 heteroatoms. The van der Waals surface area contributed by atoms with Gasteiger partial charge in [0.15, 0.2) is 6.10 Å². The summed E-state index contributed by atoms with van der Waals surface area (Å²) in [6.07, 6.45) is 0.417. The predicted octanol–water partition coefficient (Wildman–Crippen LogP) is 4.78. The molecule has 0 heterocycles. The van der Waals surface area contributed by atoms with E-state index in [1.807, 2.05) is 42.5 Å². The topological polar surface area (TPSA) is 75.7 Å². The van der Waals surface area contributed by atoms with E-state index in [-0.39, 0.29) is 5.91 Å². The van der Waals surface area contributed by atoms with Crippen LogP contribution in [0.2, 0.25) is 0 Å². The van der Waals surface area contributed by atoms with Crippen LogP contribution in [0, 0.1) is 0 Å². The van der Waals surface area contributed by atoms with Crippen molar-refractivity contribution in [3.63, 3.8) is 0 Å². The molecule has 32 heavy (non-hydrogen) atoms. The van der Waals surface area contributed by atoms with E-state index >= 15 is 0 Å². The standard InChI is InChI=1S/C24H26N2O4S2/c1-18(30-22-15-13-21(14-16-22)26(2)32(3,28)29)24(27)25-20-11-9-19(10-12-20)17-31-23-7-5-4-6-8-23/h4-16,18H,17H2,1-3H3,(H,25,27). The average Bonchev–Trinajstić information content (AvgIpc) is 2.78. The summed E-state index contributed by atoms with van der Waals surface area (Å²) in [6.45, 7) is 1.66. The van der Waals surface area contributed by atoms with E-state index in [9.17, 15) is 13.2 Å². The molecule has 1 unspecified atom stereocenters. The van der Waals surface area contributed by atoms with Gasteiger partial charge in [-0.15, -0.1) is 11.8 Å². The number of nitrogens with one attached hydrogen (secondary N) is 1. The first-order valence-corrected chi connectivity index (χ1v) is 12.8. The highest BCUT2D eigenvalue weighted by molar-refractivity contribution is 7.98. The van der Waals surface area contributed by atoms with Gasteiger partial charge < -0.3 is 10.1 Å². The number of amides is 1. The number of anilines is 2. The first kappa shape index (κ1) is 23.7. The maximum Gasteiger partial charge on any atom is 0.265 e. The second-order valence-corrected chi connectivity index (χ2v) is 10.3. The predicted molar refractivity (Wildman–Crippen MR) is 131 cm³/mol. The molecular formula is C24H26N2O4S2. The van der Waals surface area contributed by atoms with E-state index in [1.54, 1.807) is 43.0 Å². The summed E-state index contributed by atoms with van der Waals surface area (Å²) in [5, 5.41) is 2.85. The van der Waals surface area contributed by atoms with Crippen molar-refractivity contribution in [2.75, 3.05) is 22.9 Å². The molecule has 3 aromatic rings. The Kier molecular flexibility index (Phi) is 7.82. The summed E-state index contributed by atoms with van der Waals surface area (Å²) >= 11 is 1.76. The summed E-state index contributed by atoms with van der Waals surface area (Å²) in [5.74, 6) is 1.06. The first-order chi connectivity index (χ1) is 15.2. The molecule has 0 aromatic heterocycles. The number of rotatable bonds is 9. The molecule has 1 N–H and O–H groups in total. The molecule has 0 aliphatic carbocycles. The van der Waals surface area contributed by atoms with Crippen molar-refractivity contribution in [1.29, 1.82) is 0 Å². The molecule has 3 aromatic carbocycles. The zero-order valence-corrected chi connectivity index (χ0v) is 19.8. The van der Waals surface area contributed by atoms with Gasteiger partial charge in [0, 0.05) is 23.4 Å². The van der Waals surface area contributed by atoms with Crippen molar-refractivity contribution in [3.8, 4) is 5.75 Å². The van der Waals surface area contributed by atoms with Crippen LogP contribution in [0.3, 0.4) is 0 Å². The molecule has 0 saturated carbocycles. The maximum absolute atomic E-state index is 12.5. The molecule has 0 saturated heterocycles. The highest BCUT2D eigenvalue weighted by Crippen LogP contribution is 2.24. The van der Waals surface area contributed by atoms with Gasteiger partial charge in [-0.05, 0) is 61.0 Å². The lowest BCUT2D eigenvalue weighted by Gasteiger charge is -2.18. The highest BCUT2D eigenvalue weighted by Gasteiger charge is 2.16. The van der Waals surface area contributed by atoms with Crippen LogP contribution in [0.1, 0.15) is 12.5 Å². The second-order valence-electron chi connectivity index (χ2n) is 7.27. The number of carbonyl (C=O) groups excluding carboxylic acids is 1. The van der Waals surface area contributed by atoms with E-state index < -0.39 is 16.1 Å². The van der Waals surface area contributed by atoms with Crippen LogP contribution in [0.5, 0.6) is 5.75 Å². The zero-order valence-electron chi connectivity index (χ0n) is 18.2. The summed E-state index contributed by atoms with van der Waals surface area (Å²) in [7, 11) is -1.85. The molecule has 0 aliphatic heterocycles. The molecule has 0 fully saturated rings. The highest BCUT2D eigenvalue weighted by atomic mass is 32.2. The number of hydrogen-bond donors (Lipinski definition) is 1. The number of ether oxygens (including phenoxy) is 1. The van der Waals surface area contributed by atoms with E-state index in [1.165, 1.54) is 21.8 Å². The summed E-state index contributed by atoms with van der Waals surface area (Å²) in [5.41, 5.74) is 2.38. The van der Waals surface area contributed by atoms with Gasteiger partial charge in [0.1, 0.15) is 5.75 Å². The maximum atomic E-state index is 12.5. The summed E-state index contributed by atoms with van der Waals surface area (Å²) < 4.78 is 30.1. The number of carbonyl (C=O) groups is 1. The SMILES string of the molecule is CC(Oc1ccc(N(C)S(C)(=O)=O)cc1)C(=O)Nc1ccc(CSc2ccccc2)cc1. The fraction of sp³-hybridized carbons (Fsp3) is 0.208.